The lowest BCUT2D eigenvalue weighted by Crippen LogP contribution is -2.41. The summed E-state index contributed by atoms with van der Waals surface area (Å²) in [6.07, 6.45) is 5.43. The van der Waals surface area contributed by atoms with Crippen LogP contribution in [0.2, 0.25) is 0 Å². The van der Waals surface area contributed by atoms with Gasteiger partial charge in [-0.25, -0.2) is 0 Å². The molecule has 15 heavy (non-hydrogen) atoms. The van der Waals surface area contributed by atoms with E-state index in [1.165, 1.54) is 18.5 Å². The van der Waals surface area contributed by atoms with Gasteiger partial charge in [0.2, 0.25) is 0 Å². The molecule has 1 aromatic rings. The Labute approximate surface area is 90.5 Å². The number of hydrogen-bond acceptors (Lipinski definition) is 3. The summed E-state index contributed by atoms with van der Waals surface area (Å²) in [5, 5.41) is 13.5. The molecular formula is C11H19N3O. The van der Waals surface area contributed by atoms with Gasteiger partial charge in [0.1, 0.15) is 0 Å². The van der Waals surface area contributed by atoms with E-state index in [-0.39, 0.29) is 6.61 Å². The maximum absolute atomic E-state index is 9.30. The van der Waals surface area contributed by atoms with E-state index in [4.69, 9.17) is 0 Å². The average molecular weight is 209 g/mol. The molecule has 1 aromatic heterocycles. The Bertz CT molecular complexity index is 311. The van der Waals surface area contributed by atoms with Crippen LogP contribution in [0.4, 0.5) is 0 Å². The number of piperidine rings is 1. The van der Waals surface area contributed by atoms with E-state index in [0.29, 0.717) is 6.04 Å². The van der Waals surface area contributed by atoms with Crippen molar-refractivity contribution >= 4 is 0 Å². The average Bonchev–Trinajstić information content (AvgIpc) is 2.65. The zero-order valence-electron chi connectivity index (χ0n) is 9.26. The van der Waals surface area contributed by atoms with Gasteiger partial charge in [0.15, 0.2) is 0 Å². The Morgan fingerprint density at radius 3 is 3.07 bits per heavy atom. The van der Waals surface area contributed by atoms with E-state index < -0.39 is 0 Å². The van der Waals surface area contributed by atoms with Gasteiger partial charge in [0.25, 0.3) is 0 Å². The van der Waals surface area contributed by atoms with E-state index in [9.17, 15) is 5.11 Å². The van der Waals surface area contributed by atoms with Crippen molar-refractivity contribution in [2.45, 2.75) is 31.8 Å². The van der Waals surface area contributed by atoms with Gasteiger partial charge < -0.3 is 5.11 Å². The molecule has 0 amide bonds. The molecule has 2 heterocycles. The molecule has 4 heteroatoms. The molecule has 0 aromatic carbocycles. The number of aliphatic hydroxyl groups is 1. The standard InChI is InChI=1S/C11H19N3O/c1-13-10(5-6-12-13)8-14-7-3-2-4-11(14)9-15/h5-6,11,15H,2-4,7-9H2,1H3. The monoisotopic (exact) mass is 209 g/mol. The van der Waals surface area contributed by atoms with Crippen molar-refractivity contribution in [1.82, 2.24) is 14.7 Å². The Morgan fingerprint density at radius 1 is 1.53 bits per heavy atom. The van der Waals surface area contributed by atoms with Crippen molar-refractivity contribution in [3.05, 3.63) is 18.0 Å². The Balaban J connectivity index is 2.00. The molecule has 1 N–H and O–H groups in total. The van der Waals surface area contributed by atoms with E-state index >= 15 is 0 Å². The van der Waals surface area contributed by atoms with E-state index in [0.717, 1.165) is 19.5 Å². The lowest BCUT2D eigenvalue weighted by Gasteiger charge is -2.34. The maximum atomic E-state index is 9.30. The van der Waals surface area contributed by atoms with Crippen LogP contribution in [0.15, 0.2) is 12.3 Å². The summed E-state index contributed by atoms with van der Waals surface area (Å²) in [6.45, 7) is 2.27. The minimum atomic E-state index is 0.276. The molecule has 84 valence electrons. The third-order valence-electron chi connectivity index (χ3n) is 3.25. The Morgan fingerprint density at radius 2 is 2.40 bits per heavy atom. The third-order valence-corrected chi connectivity index (χ3v) is 3.25. The van der Waals surface area contributed by atoms with Gasteiger partial charge in [-0.1, -0.05) is 6.42 Å². The molecular weight excluding hydrogens is 190 g/mol. The highest BCUT2D eigenvalue weighted by molar-refractivity contribution is 5.00. The minimum absolute atomic E-state index is 0.276. The van der Waals surface area contributed by atoms with Crippen molar-refractivity contribution in [3.8, 4) is 0 Å². The first kappa shape index (κ1) is 10.6. The van der Waals surface area contributed by atoms with Crippen molar-refractivity contribution in [1.29, 1.82) is 0 Å². The number of nitrogens with zero attached hydrogens (tertiary/aromatic N) is 3. The minimum Gasteiger partial charge on any atom is -0.395 e. The fraction of sp³-hybridized carbons (Fsp3) is 0.727. The van der Waals surface area contributed by atoms with Gasteiger partial charge in [-0.15, -0.1) is 0 Å². The van der Waals surface area contributed by atoms with Crippen molar-refractivity contribution < 1.29 is 5.11 Å². The second-order valence-electron chi connectivity index (χ2n) is 4.25. The zero-order chi connectivity index (χ0) is 10.7. The molecule has 1 saturated heterocycles. The van der Waals surface area contributed by atoms with Gasteiger partial charge in [-0.05, 0) is 25.5 Å². The molecule has 1 aliphatic rings. The van der Waals surface area contributed by atoms with Crippen molar-refractivity contribution in [3.63, 3.8) is 0 Å². The second-order valence-corrected chi connectivity index (χ2v) is 4.25. The first-order valence-electron chi connectivity index (χ1n) is 5.63. The van der Waals surface area contributed by atoms with E-state index in [1.54, 1.807) is 0 Å². The smallest absolute Gasteiger partial charge is 0.0587 e. The maximum Gasteiger partial charge on any atom is 0.0587 e. The zero-order valence-corrected chi connectivity index (χ0v) is 9.26. The molecule has 1 fully saturated rings. The van der Waals surface area contributed by atoms with Crippen LogP contribution >= 0.6 is 0 Å². The van der Waals surface area contributed by atoms with Gasteiger partial charge in [-0.3, -0.25) is 9.58 Å². The van der Waals surface area contributed by atoms with Crippen LogP contribution in [-0.2, 0) is 13.6 Å². The lowest BCUT2D eigenvalue weighted by molar-refractivity contribution is 0.0821. The first-order chi connectivity index (χ1) is 7.31. The predicted molar refractivity (Wildman–Crippen MR) is 58.3 cm³/mol. The van der Waals surface area contributed by atoms with Crippen molar-refractivity contribution in [2.75, 3.05) is 13.2 Å². The molecule has 0 aliphatic carbocycles. The number of hydrogen-bond donors (Lipinski definition) is 1. The third kappa shape index (κ3) is 2.38. The van der Waals surface area contributed by atoms with Crippen LogP contribution in [0.5, 0.6) is 0 Å². The molecule has 0 saturated carbocycles. The summed E-state index contributed by atoms with van der Waals surface area (Å²) < 4.78 is 1.91. The number of likely N-dealkylation sites (tertiary alicyclic amines) is 1. The van der Waals surface area contributed by atoms with Crippen molar-refractivity contribution in [2.24, 2.45) is 7.05 Å². The second kappa shape index (κ2) is 4.77. The Hall–Kier alpha value is -0.870. The molecule has 0 radical (unpaired) electrons. The fourth-order valence-electron chi connectivity index (χ4n) is 2.24. The molecule has 1 aliphatic heterocycles. The summed E-state index contributed by atoms with van der Waals surface area (Å²) in [4.78, 5) is 2.36. The Kier molecular flexibility index (Phi) is 3.38. The van der Waals surface area contributed by atoms with Crippen LogP contribution in [0, 0.1) is 0 Å². The SMILES string of the molecule is Cn1nccc1CN1CCCCC1CO. The highest BCUT2D eigenvalue weighted by atomic mass is 16.3. The molecule has 1 atom stereocenters. The first-order valence-corrected chi connectivity index (χ1v) is 5.63. The van der Waals surface area contributed by atoms with Gasteiger partial charge >= 0.3 is 0 Å². The molecule has 4 nitrogen and oxygen atoms in total. The van der Waals surface area contributed by atoms with Gasteiger partial charge in [-0.2, -0.15) is 5.10 Å². The predicted octanol–water partition coefficient (Wildman–Crippen LogP) is 0.767. The molecule has 2 rings (SSSR count). The topological polar surface area (TPSA) is 41.3 Å². The van der Waals surface area contributed by atoms with E-state index in [2.05, 4.69) is 10.00 Å². The summed E-state index contributed by atoms with van der Waals surface area (Å²) in [7, 11) is 1.97. The summed E-state index contributed by atoms with van der Waals surface area (Å²) in [6, 6.07) is 2.39. The van der Waals surface area contributed by atoms with Crippen LogP contribution in [0.25, 0.3) is 0 Å². The summed E-state index contributed by atoms with van der Waals surface area (Å²) in [5.41, 5.74) is 1.22. The number of rotatable bonds is 3. The largest absolute Gasteiger partial charge is 0.395 e. The number of aromatic nitrogens is 2. The van der Waals surface area contributed by atoms with Crippen LogP contribution < -0.4 is 0 Å². The number of aryl methyl sites for hydroxylation is 1. The van der Waals surface area contributed by atoms with Gasteiger partial charge in [0, 0.05) is 25.8 Å². The van der Waals surface area contributed by atoms with Gasteiger partial charge in [0.05, 0.1) is 12.3 Å². The summed E-state index contributed by atoms with van der Waals surface area (Å²) in [5.74, 6) is 0. The molecule has 0 spiro atoms. The number of aliphatic hydroxyl groups excluding tert-OH is 1. The quantitative estimate of drug-likeness (QED) is 0.799. The molecule has 1 unspecified atom stereocenters. The fourth-order valence-corrected chi connectivity index (χ4v) is 2.24. The van der Waals surface area contributed by atoms with Crippen LogP contribution in [0.3, 0.4) is 0 Å². The van der Waals surface area contributed by atoms with Crippen LogP contribution in [0.1, 0.15) is 25.0 Å². The lowest BCUT2D eigenvalue weighted by atomic mass is 10.0. The summed E-state index contributed by atoms with van der Waals surface area (Å²) >= 11 is 0. The van der Waals surface area contributed by atoms with Crippen LogP contribution in [-0.4, -0.2) is 39.0 Å². The molecule has 0 bridgehead atoms. The highest BCUT2D eigenvalue weighted by Crippen LogP contribution is 2.18. The normalized spacial score (nSPS) is 23.2. The highest BCUT2D eigenvalue weighted by Gasteiger charge is 2.22. The van der Waals surface area contributed by atoms with E-state index in [1.807, 2.05) is 24.0 Å².